The number of amides is 1. The predicted octanol–water partition coefficient (Wildman–Crippen LogP) is 4.97. The van der Waals surface area contributed by atoms with Crippen LogP contribution < -0.4 is 5.32 Å². The molecule has 1 atom stereocenters. The molecule has 0 aliphatic carbocycles. The molecule has 3 heterocycles. The third kappa shape index (κ3) is 4.90. The zero-order chi connectivity index (χ0) is 18.6. The number of benzene rings is 1. The maximum absolute atomic E-state index is 12.6. The van der Waals surface area contributed by atoms with Gasteiger partial charge in [0, 0.05) is 18.0 Å². The third-order valence-corrected chi connectivity index (χ3v) is 7.72. The molecule has 0 spiro atoms. The normalized spacial score (nSPS) is 18.0. The molecule has 2 aromatic heterocycles. The number of thiophene rings is 1. The van der Waals surface area contributed by atoms with Crippen LogP contribution >= 0.6 is 34.4 Å². The number of carbonyl (C=O) groups is 1. The molecule has 4 nitrogen and oxygen atoms in total. The highest BCUT2D eigenvalue weighted by Gasteiger charge is 2.24. The number of rotatable bonds is 6. The Morgan fingerprint density at radius 3 is 3.15 bits per heavy atom. The van der Waals surface area contributed by atoms with Crippen molar-refractivity contribution in [1.29, 1.82) is 0 Å². The van der Waals surface area contributed by atoms with Gasteiger partial charge in [0.1, 0.15) is 0 Å². The Balaban J connectivity index is 1.37. The first kappa shape index (κ1) is 18.9. The van der Waals surface area contributed by atoms with Gasteiger partial charge < -0.3 is 10.2 Å². The molecule has 0 radical (unpaired) electrons. The van der Waals surface area contributed by atoms with E-state index in [0.717, 1.165) is 58.3 Å². The Bertz CT molecular complexity index is 906. The van der Waals surface area contributed by atoms with Gasteiger partial charge in [-0.1, -0.05) is 11.8 Å². The number of nitrogens with zero attached hydrogens (tertiary/aromatic N) is 2. The summed E-state index contributed by atoms with van der Waals surface area (Å²) < 4.78 is 2.23. The van der Waals surface area contributed by atoms with E-state index in [1.54, 1.807) is 34.4 Å². The summed E-state index contributed by atoms with van der Waals surface area (Å²) in [6.45, 7) is 1.93. The molecule has 1 saturated heterocycles. The summed E-state index contributed by atoms with van der Waals surface area (Å²) in [6.07, 6.45) is 3.14. The maximum atomic E-state index is 12.6. The number of aryl methyl sites for hydroxylation is 1. The average Bonchev–Trinajstić information content (AvgIpc) is 3.31. The molecule has 3 aromatic rings. The molecule has 1 amide bonds. The second-order valence-electron chi connectivity index (χ2n) is 6.98. The maximum Gasteiger partial charge on any atom is 0.228 e. The lowest BCUT2D eigenvalue weighted by molar-refractivity contribution is -0.121. The van der Waals surface area contributed by atoms with Crippen molar-refractivity contribution in [3.8, 4) is 0 Å². The van der Waals surface area contributed by atoms with Gasteiger partial charge in [0.15, 0.2) is 4.34 Å². The van der Waals surface area contributed by atoms with Crippen molar-refractivity contribution in [3.63, 3.8) is 0 Å². The van der Waals surface area contributed by atoms with Crippen molar-refractivity contribution in [2.75, 3.05) is 31.2 Å². The largest absolute Gasteiger partial charge is 0.326 e. The minimum absolute atomic E-state index is 0.0872. The van der Waals surface area contributed by atoms with E-state index >= 15 is 0 Å². The fourth-order valence-corrected chi connectivity index (χ4v) is 6.23. The van der Waals surface area contributed by atoms with Crippen LogP contribution in [0, 0.1) is 5.92 Å². The van der Waals surface area contributed by atoms with Crippen molar-refractivity contribution in [1.82, 2.24) is 9.88 Å². The highest BCUT2D eigenvalue weighted by molar-refractivity contribution is 8.01. The third-order valence-electron chi connectivity index (χ3n) is 4.83. The number of thiazole rings is 1. The first-order valence-electron chi connectivity index (χ1n) is 9.21. The topological polar surface area (TPSA) is 45.2 Å². The predicted molar refractivity (Wildman–Crippen MR) is 117 cm³/mol. The molecule has 1 N–H and O–H groups in total. The summed E-state index contributed by atoms with van der Waals surface area (Å²) in [5.41, 5.74) is 3.28. The number of carbonyl (C=O) groups excluding carboxylic acids is 1. The highest BCUT2D eigenvalue weighted by Crippen LogP contribution is 2.32. The Morgan fingerprint density at radius 2 is 2.33 bits per heavy atom. The van der Waals surface area contributed by atoms with Crippen LogP contribution in [0.1, 0.15) is 18.4 Å². The fraction of sp³-hybridized carbons (Fsp3) is 0.400. The molecule has 4 rings (SSSR count). The highest BCUT2D eigenvalue weighted by atomic mass is 32.2. The molecule has 1 aliphatic heterocycles. The van der Waals surface area contributed by atoms with E-state index in [1.807, 2.05) is 12.1 Å². The van der Waals surface area contributed by atoms with E-state index in [2.05, 4.69) is 40.2 Å². The molecule has 1 fully saturated rings. The van der Waals surface area contributed by atoms with Crippen LogP contribution in [0.4, 0.5) is 5.69 Å². The monoisotopic (exact) mass is 417 g/mol. The number of hydrogen-bond acceptors (Lipinski definition) is 6. The van der Waals surface area contributed by atoms with Crippen molar-refractivity contribution < 1.29 is 4.79 Å². The summed E-state index contributed by atoms with van der Waals surface area (Å²) in [4.78, 5) is 19.5. The van der Waals surface area contributed by atoms with Gasteiger partial charge in [-0.15, -0.1) is 11.3 Å². The molecule has 7 heteroatoms. The van der Waals surface area contributed by atoms with E-state index in [9.17, 15) is 4.79 Å². The van der Waals surface area contributed by atoms with E-state index in [0.29, 0.717) is 0 Å². The summed E-state index contributed by atoms with van der Waals surface area (Å²) >= 11 is 5.26. The number of thioether (sulfide) groups is 1. The van der Waals surface area contributed by atoms with Crippen molar-refractivity contribution in [2.45, 2.75) is 23.6 Å². The second kappa shape index (κ2) is 8.73. The van der Waals surface area contributed by atoms with Crippen LogP contribution in [-0.2, 0) is 11.2 Å². The number of fused-ring (bicyclic) bond motifs is 1. The number of nitrogens with one attached hydrogen (secondary N) is 1. The van der Waals surface area contributed by atoms with Gasteiger partial charge in [0.2, 0.25) is 5.91 Å². The van der Waals surface area contributed by atoms with Crippen LogP contribution in [0.3, 0.4) is 0 Å². The van der Waals surface area contributed by atoms with E-state index in [1.165, 1.54) is 5.56 Å². The molecule has 0 bridgehead atoms. The molecule has 142 valence electrons. The average molecular weight is 418 g/mol. The zero-order valence-corrected chi connectivity index (χ0v) is 17.8. The van der Waals surface area contributed by atoms with Gasteiger partial charge in [0.05, 0.1) is 16.1 Å². The number of anilines is 1. The smallest absolute Gasteiger partial charge is 0.228 e. The van der Waals surface area contributed by atoms with Gasteiger partial charge in [-0.3, -0.25) is 4.79 Å². The summed E-state index contributed by atoms with van der Waals surface area (Å²) in [5.74, 6) is 1.26. The van der Waals surface area contributed by atoms with E-state index < -0.39 is 0 Å². The van der Waals surface area contributed by atoms with Crippen molar-refractivity contribution in [2.24, 2.45) is 5.92 Å². The summed E-state index contributed by atoms with van der Waals surface area (Å²) in [6, 6.07) is 8.21. The fourth-order valence-electron chi connectivity index (χ4n) is 3.36. The van der Waals surface area contributed by atoms with Crippen LogP contribution in [0.5, 0.6) is 0 Å². The van der Waals surface area contributed by atoms with Crippen LogP contribution in [0.15, 0.2) is 39.4 Å². The number of piperidine rings is 1. The van der Waals surface area contributed by atoms with Crippen LogP contribution in [0.2, 0.25) is 0 Å². The SMILES string of the molecule is CN1CCCC(C(=O)Nc2ccc3nc(SCCc4ccsc4)sc3c2)C1. The van der Waals surface area contributed by atoms with Gasteiger partial charge in [0.25, 0.3) is 0 Å². The lowest BCUT2D eigenvalue weighted by Crippen LogP contribution is -2.38. The zero-order valence-electron chi connectivity index (χ0n) is 15.3. The van der Waals surface area contributed by atoms with Gasteiger partial charge in [-0.2, -0.15) is 11.3 Å². The van der Waals surface area contributed by atoms with Gasteiger partial charge >= 0.3 is 0 Å². The summed E-state index contributed by atoms with van der Waals surface area (Å²) in [5, 5.41) is 7.43. The molecule has 1 aliphatic rings. The minimum atomic E-state index is 0.0872. The first-order valence-corrected chi connectivity index (χ1v) is 12.0. The Hall–Kier alpha value is -1.41. The quantitative estimate of drug-likeness (QED) is 0.575. The Kier molecular flexibility index (Phi) is 6.12. The number of likely N-dealkylation sites (tertiary alicyclic amines) is 1. The van der Waals surface area contributed by atoms with Gasteiger partial charge in [-0.05, 0) is 73.4 Å². The molecule has 1 aromatic carbocycles. The van der Waals surface area contributed by atoms with Crippen LogP contribution in [-0.4, -0.2) is 41.7 Å². The van der Waals surface area contributed by atoms with Gasteiger partial charge in [-0.25, -0.2) is 4.98 Å². The van der Waals surface area contributed by atoms with Crippen molar-refractivity contribution in [3.05, 3.63) is 40.6 Å². The number of aromatic nitrogens is 1. The molecule has 0 saturated carbocycles. The molecular formula is C20H23N3OS3. The standard InChI is InChI=1S/C20H23N3OS3/c1-23-8-2-3-15(12-23)19(24)21-16-4-5-17-18(11-16)27-20(22-17)26-10-7-14-6-9-25-13-14/h4-6,9,11,13,15H,2-3,7-8,10,12H2,1H3,(H,21,24). The second-order valence-corrected chi connectivity index (χ2v) is 10.1. The molecule has 1 unspecified atom stereocenters. The first-order chi connectivity index (χ1) is 13.2. The summed E-state index contributed by atoms with van der Waals surface area (Å²) in [7, 11) is 2.08. The Labute approximate surface area is 172 Å². The lowest BCUT2D eigenvalue weighted by atomic mass is 9.97. The Morgan fingerprint density at radius 1 is 1.41 bits per heavy atom. The van der Waals surface area contributed by atoms with E-state index in [-0.39, 0.29) is 11.8 Å². The van der Waals surface area contributed by atoms with Crippen molar-refractivity contribution >= 4 is 56.2 Å². The van der Waals surface area contributed by atoms with E-state index in [4.69, 9.17) is 4.98 Å². The molecular weight excluding hydrogens is 394 g/mol. The molecule has 27 heavy (non-hydrogen) atoms. The minimum Gasteiger partial charge on any atom is -0.326 e. The number of hydrogen-bond donors (Lipinski definition) is 1. The lowest BCUT2D eigenvalue weighted by Gasteiger charge is -2.28. The van der Waals surface area contributed by atoms with Crippen LogP contribution in [0.25, 0.3) is 10.2 Å².